The van der Waals surface area contributed by atoms with Crippen molar-refractivity contribution < 1.29 is 14.3 Å². The number of carbonyl (C=O) groups is 1. The highest BCUT2D eigenvalue weighted by Gasteiger charge is 2.22. The first-order valence-corrected chi connectivity index (χ1v) is 9.74. The van der Waals surface area contributed by atoms with Crippen LogP contribution in [0.5, 0.6) is 11.5 Å². The number of carbonyl (C=O) groups excluding carboxylic acids is 1. The highest BCUT2D eigenvalue weighted by atomic mass is 35.5. The van der Waals surface area contributed by atoms with E-state index in [1.165, 1.54) is 0 Å². The molecule has 6 heteroatoms. The minimum atomic E-state index is -0.0854. The summed E-state index contributed by atoms with van der Waals surface area (Å²) >= 11 is 7.85. The van der Waals surface area contributed by atoms with Crippen LogP contribution >= 0.6 is 23.4 Å². The van der Waals surface area contributed by atoms with Crippen molar-refractivity contribution in [1.82, 2.24) is 4.90 Å². The molecule has 2 aromatic rings. The quantitative estimate of drug-likeness (QED) is 0.719. The molecule has 0 N–H and O–H groups in total. The molecule has 0 saturated carbocycles. The fourth-order valence-corrected chi connectivity index (χ4v) is 3.40. The van der Waals surface area contributed by atoms with Crippen LogP contribution in [0.1, 0.15) is 22.8 Å². The summed E-state index contributed by atoms with van der Waals surface area (Å²) in [6.45, 7) is 4.04. The Morgan fingerprint density at radius 2 is 2.04 bits per heavy atom. The molecule has 0 saturated heterocycles. The summed E-state index contributed by atoms with van der Waals surface area (Å²) in [7, 11) is 0. The molecule has 1 amide bonds. The Bertz CT molecular complexity index is 781. The van der Waals surface area contributed by atoms with Crippen LogP contribution in [0.2, 0.25) is 5.02 Å². The average Bonchev–Trinajstić information content (AvgIpc) is 2.66. The van der Waals surface area contributed by atoms with Crippen molar-refractivity contribution in [3.05, 3.63) is 52.5 Å². The van der Waals surface area contributed by atoms with Crippen LogP contribution in [-0.4, -0.2) is 36.8 Å². The molecule has 0 aromatic heterocycles. The van der Waals surface area contributed by atoms with E-state index >= 15 is 0 Å². The monoisotopic (exact) mass is 377 g/mol. The molecule has 1 aliphatic heterocycles. The van der Waals surface area contributed by atoms with E-state index in [1.807, 2.05) is 43.5 Å². The second-order valence-corrected chi connectivity index (χ2v) is 6.89. The summed E-state index contributed by atoms with van der Waals surface area (Å²) in [5.41, 5.74) is 1.46. The Morgan fingerprint density at radius 3 is 2.80 bits per heavy atom. The highest BCUT2D eigenvalue weighted by Crippen LogP contribution is 2.34. The van der Waals surface area contributed by atoms with E-state index in [2.05, 4.69) is 0 Å². The number of fused-ring (bicyclic) bond motifs is 1. The molecule has 1 aliphatic rings. The van der Waals surface area contributed by atoms with E-state index in [-0.39, 0.29) is 5.91 Å². The van der Waals surface area contributed by atoms with Gasteiger partial charge in [0.05, 0.1) is 10.6 Å². The van der Waals surface area contributed by atoms with Crippen molar-refractivity contribution in [2.45, 2.75) is 18.4 Å². The Labute approximate surface area is 157 Å². The van der Waals surface area contributed by atoms with Crippen molar-refractivity contribution in [2.75, 3.05) is 26.0 Å². The summed E-state index contributed by atoms with van der Waals surface area (Å²) in [5.74, 6) is 1.37. The van der Waals surface area contributed by atoms with Crippen molar-refractivity contribution in [3.8, 4) is 11.5 Å². The lowest BCUT2D eigenvalue weighted by Gasteiger charge is -2.25. The van der Waals surface area contributed by atoms with Crippen LogP contribution in [0.15, 0.2) is 41.3 Å². The van der Waals surface area contributed by atoms with Crippen molar-refractivity contribution in [2.24, 2.45) is 0 Å². The normalized spacial score (nSPS) is 12.8. The summed E-state index contributed by atoms with van der Waals surface area (Å²) < 4.78 is 11.4. The van der Waals surface area contributed by atoms with E-state index < -0.39 is 0 Å². The van der Waals surface area contributed by atoms with Gasteiger partial charge in [-0.3, -0.25) is 4.79 Å². The van der Waals surface area contributed by atoms with Gasteiger partial charge in [-0.1, -0.05) is 23.7 Å². The molecule has 25 heavy (non-hydrogen) atoms. The van der Waals surface area contributed by atoms with Crippen LogP contribution in [0.25, 0.3) is 0 Å². The van der Waals surface area contributed by atoms with Crippen LogP contribution in [-0.2, 0) is 6.54 Å². The molecular formula is C19H20ClNO3S. The summed E-state index contributed by atoms with van der Waals surface area (Å²) in [6.07, 6.45) is 1.97. The zero-order chi connectivity index (χ0) is 17.8. The van der Waals surface area contributed by atoms with Gasteiger partial charge in [-0.15, -0.1) is 11.8 Å². The van der Waals surface area contributed by atoms with E-state index in [0.29, 0.717) is 36.9 Å². The molecule has 3 rings (SSSR count). The number of ether oxygens (including phenoxy) is 2. The smallest absolute Gasteiger partial charge is 0.255 e. The third-order valence-electron chi connectivity index (χ3n) is 4.08. The maximum absolute atomic E-state index is 13.0. The van der Waals surface area contributed by atoms with E-state index in [9.17, 15) is 4.79 Å². The second kappa shape index (κ2) is 8.02. The van der Waals surface area contributed by atoms with E-state index in [1.54, 1.807) is 22.7 Å². The first-order valence-electron chi connectivity index (χ1n) is 8.14. The molecule has 0 unspecified atom stereocenters. The van der Waals surface area contributed by atoms with Gasteiger partial charge in [-0.2, -0.15) is 0 Å². The average molecular weight is 378 g/mol. The Hall–Kier alpha value is -1.85. The predicted molar refractivity (Wildman–Crippen MR) is 101 cm³/mol. The molecular weight excluding hydrogens is 358 g/mol. The van der Waals surface area contributed by atoms with Crippen molar-refractivity contribution in [1.29, 1.82) is 0 Å². The highest BCUT2D eigenvalue weighted by molar-refractivity contribution is 7.98. The Balaban J connectivity index is 1.87. The SMILES string of the molecule is CCN(Cc1cccc2c1OCCO2)C(=O)c1cc(SC)ccc1Cl. The molecule has 0 radical (unpaired) electrons. The maximum Gasteiger partial charge on any atom is 0.255 e. The first kappa shape index (κ1) is 18.0. The largest absolute Gasteiger partial charge is 0.486 e. The van der Waals surface area contributed by atoms with E-state index in [4.69, 9.17) is 21.1 Å². The van der Waals surface area contributed by atoms with Gasteiger partial charge in [0.2, 0.25) is 0 Å². The number of para-hydroxylation sites is 1. The summed E-state index contributed by atoms with van der Waals surface area (Å²) in [6, 6.07) is 11.3. The lowest BCUT2D eigenvalue weighted by Crippen LogP contribution is -2.31. The van der Waals surface area contributed by atoms with Crippen LogP contribution < -0.4 is 9.47 Å². The van der Waals surface area contributed by atoms with Gasteiger partial charge in [0.1, 0.15) is 13.2 Å². The maximum atomic E-state index is 13.0. The Morgan fingerprint density at radius 1 is 1.24 bits per heavy atom. The molecule has 0 aliphatic carbocycles. The number of benzene rings is 2. The van der Waals surface area contributed by atoms with Gasteiger partial charge >= 0.3 is 0 Å². The van der Waals surface area contributed by atoms with Gasteiger partial charge in [-0.25, -0.2) is 0 Å². The second-order valence-electron chi connectivity index (χ2n) is 5.61. The Kier molecular flexibility index (Phi) is 5.76. The standard InChI is InChI=1S/C19H20ClNO3S/c1-3-21(19(22)15-11-14(25-2)7-8-16(15)20)12-13-5-4-6-17-18(13)24-10-9-23-17/h4-8,11H,3,9-10,12H2,1-2H3. The number of hydrogen-bond donors (Lipinski definition) is 0. The van der Waals surface area contributed by atoms with Crippen LogP contribution in [0, 0.1) is 0 Å². The molecule has 2 aromatic carbocycles. The lowest BCUT2D eigenvalue weighted by atomic mass is 10.1. The predicted octanol–water partition coefficient (Wildman–Crippen LogP) is 4.50. The third kappa shape index (κ3) is 3.88. The number of hydrogen-bond acceptors (Lipinski definition) is 4. The molecule has 0 fully saturated rings. The number of nitrogens with zero attached hydrogens (tertiary/aromatic N) is 1. The molecule has 1 heterocycles. The molecule has 0 atom stereocenters. The summed E-state index contributed by atoms with van der Waals surface area (Å²) in [5, 5.41) is 0.468. The molecule has 0 spiro atoms. The molecule has 0 bridgehead atoms. The molecule has 132 valence electrons. The number of amides is 1. The zero-order valence-electron chi connectivity index (χ0n) is 14.3. The number of rotatable bonds is 5. The van der Waals surface area contributed by atoms with E-state index in [0.717, 1.165) is 22.0 Å². The topological polar surface area (TPSA) is 38.8 Å². The minimum absolute atomic E-state index is 0.0854. The zero-order valence-corrected chi connectivity index (χ0v) is 15.8. The summed E-state index contributed by atoms with van der Waals surface area (Å²) in [4.78, 5) is 15.8. The fraction of sp³-hybridized carbons (Fsp3) is 0.316. The van der Waals surface area contributed by atoms with Gasteiger partial charge < -0.3 is 14.4 Å². The number of thioether (sulfide) groups is 1. The minimum Gasteiger partial charge on any atom is -0.486 e. The third-order valence-corrected chi connectivity index (χ3v) is 5.14. The van der Waals surface area contributed by atoms with Gasteiger partial charge in [0.15, 0.2) is 11.5 Å². The van der Waals surface area contributed by atoms with Crippen LogP contribution in [0.3, 0.4) is 0 Å². The number of halogens is 1. The van der Waals surface area contributed by atoms with Crippen molar-refractivity contribution in [3.63, 3.8) is 0 Å². The van der Waals surface area contributed by atoms with Gasteiger partial charge in [0, 0.05) is 23.5 Å². The van der Waals surface area contributed by atoms with Gasteiger partial charge in [-0.05, 0) is 37.4 Å². The van der Waals surface area contributed by atoms with Crippen LogP contribution in [0.4, 0.5) is 0 Å². The fourth-order valence-electron chi connectivity index (χ4n) is 2.76. The molecule has 4 nitrogen and oxygen atoms in total. The first-order chi connectivity index (χ1) is 12.1. The lowest BCUT2D eigenvalue weighted by molar-refractivity contribution is 0.0749. The van der Waals surface area contributed by atoms with Crippen molar-refractivity contribution >= 4 is 29.3 Å². The van der Waals surface area contributed by atoms with Gasteiger partial charge in [0.25, 0.3) is 5.91 Å².